The van der Waals surface area contributed by atoms with E-state index in [9.17, 15) is 13.2 Å². The van der Waals surface area contributed by atoms with Crippen molar-refractivity contribution in [2.75, 3.05) is 24.7 Å². The number of hydrogen-bond acceptors (Lipinski definition) is 5. The van der Waals surface area contributed by atoms with E-state index in [0.29, 0.717) is 31.1 Å². The Labute approximate surface area is 166 Å². The highest BCUT2D eigenvalue weighted by Gasteiger charge is 2.34. The molecule has 0 radical (unpaired) electrons. The number of hydrogen-bond donors (Lipinski definition) is 0. The molecule has 0 aromatic heterocycles. The van der Waals surface area contributed by atoms with Crippen molar-refractivity contribution >= 4 is 15.7 Å². The molecule has 3 rings (SSSR count). The molecule has 0 N–H and O–H groups in total. The minimum Gasteiger partial charge on any atom is -0.490 e. The molecule has 7 heteroatoms. The molecule has 1 saturated heterocycles. The summed E-state index contributed by atoms with van der Waals surface area (Å²) in [5.74, 6) is 0.954. The van der Waals surface area contributed by atoms with E-state index in [1.165, 1.54) is 0 Å². The molecule has 28 heavy (non-hydrogen) atoms. The number of ether oxygens (including phenoxy) is 2. The monoisotopic (exact) mass is 403 g/mol. The SMILES string of the molecule is CCOc1ccccc1OCC(=O)N(Cc1ccccc1)[C@H]1CCS(=O)(=O)C1. The smallest absolute Gasteiger partial charge is 0.261 e. The quantitative estimate of drug-likeness (QED) is 0.678. The first kappa shape index (κ1) is 20.2. The average molecular weight is 404 g/mol. The Kier molecular flexibility index (Phi) is 6.57. The van der Waals surface area contributed by atoms with Gasteiger partial charge in [0.2, 0.25) is 0 Å². The number of sulfone groups is 1. The number of benzene rings is 2. The zero-order valence-corrected chi connectivity index (χ0v) is 16.7. The maximum absolute atomic E-state index is 13.0. The molecule has 0 spiro atoms. The second kappa shape index (κ2) is 9.10. The maximum atomic E-state index is 13.0. The molecule has 0 aliphatic carbocycles. The molecule has 6 nitrogen and oxygen atoms in total. The summed E-state index contributed by atoms with van der Waals surface area (Å²) in [6, 6.07) is 16.4. The van der Waals surface area contributed by atoms with Crippen LogP contribution in [-0.2, 0) is 21.2 Å². The second-order valence-electron chi connectivity index (χ2n) is 6.73. The topological polar surface area (TPSA) is 72.9 Å². The van der Waals surface area contributed by atoms with E-state index in [0.717, 1.165) is 5.56 Å². The Morgan fingerprint density at radius 2 is 1.68 bits per heavy atom. The molecule has 1 amide bonds. The van der Waals surface area contributed by atoms with E-state index < -0.39 is 9.84 Å². The standard InChI is InChI=1S/C21H25NO5S/c1-2-26-19-10-6-7-11-20(19)27-15-21(23)22(14-17-8-4-3-5-9-17)18-12-13-28(24,25)16-18/h3-11,18H,2,12-16H2,1H3/t18-/m0/s1. The lowest BCUT2D eigenvalue weighted by Crippen LogP contribution is -2.43. The number of rotatable bonds is 8. The predicted molar refractivity (Wildman–Crippen MR) is 107 cm³/mol. The van der Waals surface area contributed by atoms with E-state index in [1.54, 1.807) is 17.0 Å². The van der Waals surface area contributed by atoms with Gasteiger partial charge in [-0.15, -0.1) is 0 Å². The molecule has 2 aromatic rings. The number of carbonyl (C=O) groups is 1. The summed E-state index contributed by atoms with van der Waals surface area (Å²) >= 11 is 0. The van der Waals surface area contributed by atoms with Gasteiger partial charge in [0.15, 0.2) is 27.9 Å². The molecule has 0 bridgehead atoms. The summed E-state index contributed by atoms with van der Waals surface area (Å²) in [5, 5.41) is 0. The highest BCUT2D eigenvalue weighted by atomic mass is 32.2. The van der Waals surface area contributed by atoms with E-state index in [1.807, 2.05) is 49.4 Å². The number of amides is 1. The summed E-state index contributed by atoms with van der Waals surface area (Å²) in [7, 11) is -3.10. The van der Waals surface area contributed by atoms with E-state index in [4.69, 9.17) is 9.47 Å². The van der Waals surface area contributed by atoms with Crippen molar-refractivity contribution in [3.63, 3.8) is 0 Å². The van der Waals surface area contributed by atoms with Gasteiger partial charge < -0.3 is 14.4 Å². The average Bonchev–Trinajstić information content (AvgIpc) is 3.05. The molecular weight excluding hydrogens is 378 g/mol. The largest absolute Gasteiger partial charge is 0.490 e. The van der Waals surface area contributed by atoms with Crippen LogP contribution in [0.1, 0.15) is 18.9 Å². The fraction of sp³-hybridized carbons (Fsp3) is 0.381. The lowest BCUT2D eigenvalue weighted by Gasteiger charge is -2.28. The molecule has 150 valence electrons. The third kappa shape index (κ3) is 5.25. The molecular formula is C21H25NO5S. The van der Waals surface area contributed by atoms with Crippen LogP contribution in [0.15, 0.2) is 54.6 Å². The van der Waals surface area contributed by atoms with Gasteiger partial charge in [0, 0.05) is 12.6 Å². The number of para-hydroxylation sites is 2. The zero-order valence-electron chi connectivity index (χ0n) is 15.9. The van der Waals surface area contributed by atoms with Crippen LogP contribution in [0.5, 0.6) is 11.5 Å². The third-order valence-electron chi connectivity index (χ3n) is 4.67. The fourth-order valence-corrected chi connectivity index (χ4v) is 5.02. The third-order valence-corrected chi connectivity index (χ3v) is 6.42. The number of nitrogens with zero attached hydrogens (tertiary/aromatic N) is 1. The van der Waals surface area contributed by atoms with Crippen molar-refractivity contribution in [1.29, 1.82) is 0 Å². The predicted octanol–water partition coefficient (Wildman–Crippen LogP) is 2.68. The van der Waals surface area contributed by atoms with Crippen LogP contribution in [0.3, 0.4) is 0 Å². The lowest BCUT2D eigenvalue weighted by atomic mass is 10.1. The molecule has 1 heterocycles. The molecule has 1 aliphatic rings. The van der Waals surface area contributed by atoms with Gasteiger partial charge in [-0.2, -0.15) is 0 Å². The van der Waals surface area contributed by atoms with Crippen LogP contribution in [-0.4, -0.2) is 50.0 Å². The van der Waals surface area contributed by atoms with Gasteiger partial charge in [0.05, 0.1) is 18.1 Å². The Bertz CT molecular complexity index is 898. The lowest BCUT2D eigenvalue weighted by molar-refractivity contribution is -0.136. The van der Waals surface area contributed by atoms with Crippen LogP contribution in [0.2, 0.25) is 0 Å². The van der Waals surface area contributed by atoms with Gasteiger partial charge in [-0.1, -0.05) is 42.5 Å². The van der Waals surface area contributed by atoms with Crippen LogP contribution >= 0.6 is 0 Å². The van der Waals surface area contributed by atoms with Crippen LogP contribution in [0.25, 0.3) is 0 Å². The summed E-state index contributed by atoms with van der Waals surface area (Å²) < 4.78 is 35.1. The molecule has 0 saturated carbocycles. The van der Waals surface area contributed by atoms with Crippen molar-refractivity contribution in [3.05, 3.63) is 60.2 Å². The first-order valence-corrected chi connectivity index (χ1v) is 11.2. The van der Waals surface area contributed by atoms with Gasteiger partial charge in [0.25, 0.3) is 5.91 Å². The summed E-state index contributed by atoms with van der Waals surface area (Å²) in [4.78, 5) is 14.6. The van der Waals surface area contributed by atoms with Gasteiger partial charge in [-0.3, -0.25) is 4.79 Å². The Morgan fingerprint density at radius 1 is 1.04 bits per heavy atom. The maximum Gasteiger partial charge on any atom is 0.261 e. The Hall–Kier alpha value is -2.54. The Balaban J connectivity index is 1.73. The fourth-order valence-electron chi connectivity index (χ4n) is 3.29. The van der Waals surface area contributed by atoms with Crippen molar-refractivity contribution in [2.24, 2.45) is 0 Å². The molecule has 0 unspecified atom stereocenters. The molecule has 1 aliphatic heterocycles. The number of carbonyl (C=O) groups excluding carboxylic acids is 1. The highest BCUT2D eigenvalue weighted by Crippen LogP contribution is 2.27. The van der Waals surface area contributed by atoms with Gasteiger partial charge >= 0.3 is 0 Å². The van der Waals surface area contributed by atoms with Crippen LogP contribution in [0, 0.1) is 0 Å². The summed E-state index contributed by atoms with van der Waals surface area (Å²) in [6.07, 6.45) is 0.455. The first-order chi connectivity index (χ1) is 13.5. The van der Waals surface area contributed by atoms with E-state index in [-0.39, 0.29) is 30.1 Å². The second-order valence-corrected chi connectivity index (χ2v) is 8.96. The van der Waals surface area contributed by atoms with Gasteiger partial charge in [-0.25, -0.2) is 8.42 Å². The molecule has 1 fully saturated rings. The molecule has 2 aromatic carbocycles. The van der Waals surface area contributed by atoms with Crippen molar-refractivity contribution < 1.29 is 22.7 Å². The van der Waals surface area contributed by atoms with Crippen LogP contribution < -0.4 is 9.47 Å². The minimum atomic E-state index is -3.10. The van der Waals surface area contributed by atoms with Crippen molar-refractivity contribution in [2.45, 2.75) is 25.9 Å². The minimum absolute atomic E-state index is 0.00110. The van der Waals surface area contributed by atoms with Crippen molar-refractivity contribution in [1.82, 2.24) is 4.90 Å². The van der Waals surface area contributed by atoms with Crippen LogP contribution in [0.4, 0.5) is 0 Å². The highest BCUT2D eigenvalue weighted by molar-refractivity contribution is 7.91. The summed E-state index contributed by atoms with van der Waals surface area (Å²) in [6.45, 7) is 2.56. The summed E-state index contributed by atoms with van der Waals surface area (Å²) in [5.41, 5.74) is 0.954. The van der Waals surface area contributed by atoms with Gasteiger partial charge in [-0.05, 0) is 31.0 Å². The Morgan fingerprint density at radius 3 is 2.29 bits per heavy atom. The van der Waals surface area contributed by atoms with E-state index in [2.05, 4.69) is 0 Å². The van der Waals surface area contributed by atoms with Gasteiger partial charge in [0.1, 0.15) is 0 Å². The van der Waals surface area contributed by atoms with Crippen molar-refractivity contribution in [3.8, 4) is 11.5 Å². The molecule has 1 atom stereocenters. The first-order valence-electron chi connectivity index (χ1n) is 9.37. The normalized spacial score (nSPS) is 17.8. The van der Waals surface area contributed by atoms with E-state index >= 15 is 0 Å². The zero-order chi connectivity index (χ0) is 20.0.